The lowest BCUT2D eigenvalue weighted by Gasteiger charge is -2.36. The van der Waals surface area contributed by atoms with E-state index in [2.05, 4.69) is 36.9 Å². The van der Waals surface area contributed by atoms with Crippen LogP contribution in [-0.2, 0) is 6.42 Å². The van der Waals surface area contributed by atoms with Crippen molar-refractivity contribution >= 4 is 22.9 Å². The Morgan fingerprint density at radius 3 is 2.64 bits per heavy atom. The fourth-order valence-electron chi connectivity index (χ4n) is 3.27. The Kier molecular flexibility index (Phi) is 5.63. The van der Waals surface area contributed by atoms with E-state index < -0.39 is 0 Å². The molecule has 3 rings (SSSR count). The van der Waals surface area contributed by atoms with Gasteiger partial charge in [-0.05, 0) is 37.1 Å². The predicted octanol–water partition coefficient (Wildman–Crippen LogP) is 3.98. The van der Waals surface area contributed by atoms with Crippen molar-refractivity contribution < 1.29 is 9.53 Å². The van der Waals surface area contributed by atoms with Crippen LogP contribution in [0.4, 0.5) is 5.69 Å². The van der Waals surface area contributed by atoms with Gasteiger partial charge in [-0.15, -0.1) is 11.3 Å². The van der Waals surface area contributed by atoms with Crippen molar-refractivity contribution in [2.45, 2.75) is 26.7 Å². The lowest BCUT2D eigenvalue weighted by molar-refractivity contribution is 0.0751. The third kappa shape index (κ3) is 3.98. The molecule has 1 aromatic heterocycles. The second-order valence-electron chi connectivity index (χ2n) is 6.42. The van der Waals surface area contributed by atoms with E-state index in [0.29, 0.717) is 0 Å². The van der Waals surface area contributed by atoms with Gasteiger partial charge in [-0.25, -0.2) is 0 Å². The van der Waals surface area contributed by atoms with Crippen molar-refractivity contribution in [2.24, 2.45) is 0 Å². The van der Waals surface area contributed by atoms with Crippen LogP contribution < -0.4 is 9.64 Å². The van der Waals surface area contributed by atoms with Gasteiger partial charge >= 0.3 is 0 Å². The van der Waals surface area contributed by atoms with Crippen LogP contribution in [-0.4, -0.2) is 44.1 Å². The molecule has 0 spiro atoms. The minimum atomic E-state index is 0.181. The van der Waals surface area contributed by atoms with Crippen molar-refractivity contribution in [3.63, 3.8) is 0 Å². The van der Waals surface area contributed by atoms with Crippen LogP contribution in [0, 0.1) is 6.92 Å². The number of rotatable bonds is 5. The highest BCUT2D eigenvalue weighted by Crippen LogP contribution is 2.26. The number of ether oxygens (including phenoxy) is 1. The van der Waals surface area contributed by atoms with Crippen LogP contribution in [0.5, 0.6) is 5.75 Å². The summed E-state index contributed by atoms with van der Waals surface area (Å²) >= 11 is 1.64. The van der Waals surface area contributed by atoms with Crippen LogP contribution in [0.25, 0.3) is 0 Å². The molecule has 0 bridgehead atoms. The molecule has 2 heterocycles. The summed E-state index contributed by atoms with van der Waals surface area (Å²) in [5.41, 5.74) is 2.48. The van der Waals surface area contributed by atoms with Crippen molar-refractivity contribution in [3.05, 3.63) is 45.6 Å². The minimum absolute atomic E-state index is 0.181. The number of piperazine rings is 1. The standard InChI is InChI=1S/C20H26N2O2S/c1-4-6-16-13-19(25-15(16)2)20(23)22-11-9-21(10-12-22)17-7-5-8-18(14-17)24-3/h5,7-8,13-14H,4,6,9-12H2,1-3H3. The topological polar surface area (TPSA) is 32.8 Å². The summed E-state index contributed by atoms with van der Waals surface area (Å²) < 4.78 is 5.31. The number of methoxy groups -OCH3 is 1. The van der Waals surface area contributed by atoms with Crippen LogP contribution in [0.2, 0.25) is 0 Å². The fourth-order valence-corrected chi connectivity index (χ4v) is 4.31. The molecule has 1 amide bonds. The molecule has 0 unspecified atom stereocenters. The average molecular weight is 359 g/mol. The van der Waals surface area contributed by atoms with E-state index in [4.69, 9.17) is 4.74 Å². The zero-order valence-electron chi connectivity index (χ0n) is 15.2. The molecule has 2 aromatic rings. The smallest absolute Gasteiger partial charge is 0.264 e. The molecule has 0 atom stereocenters. The summed E-state index contributed by atoms with van der Waals surface area (Å²) in [6.45, 7) is 7.52. The van der Waals surface area contributed by atoms with E-state index in [0.717, 1.165) is 55.3 Å². The maximum atomic E-state index is 12.8. The van der Waals surface area contributed by atoms with Gasteiger partial charge in [0.1, 0.15) is 5.75 Å². The van der Waals surface area contributed by atoms with Gasteiger partial charge in [0.25, 0.3) is 5.91 Å². The highest BCUT2D eigenvalue weighted by atomic mass is 32.1. The molecular weight excluding hydrogens is 332 g/mol. The zero-order chi connectivity index (χ0) is 17.8. The van der Waals surface area contributed by atoms with E-state index >= 15 is 0 Å². The fraction of sp³-hybridized carbons (Fsp3) is 0.450. The molecule has 0 aliphatic carbocycles. The molecule has 0 radical (unpaired) electrons. The quantitative estimate of drug-likeness (QED) is 0.810. The van der Waals surface area contributed by atoms with Crippen LogP contribution in [0.3, 0.4) is 0 Å². The minimum Gasteiger partial charge on any atom is -0.497 e. The van der Waals surface area contributed by atoms with Gasteiger partial charge in [0.05, 0.1) is 12.0 Å². The van der Waals surface area contributed by atoms with Crippen molar-refractivity contribution in [2.75, 3.05) is 38.2 Å². The average Bonchev–Trinajstić information content (AvgIpc) is 3.02. The maximum Gasteiger partial charge on any atom is 0.264 e. The molecule has 1 aliphatic heterocycles. The van der Waals surface area contributed by atoms with Gasteiger partial charge in [-0.1, -0.05) is 19.4 Å². The first-order chi connectivity index (χ1) is 12.1. The number of thiophene rings is 1. The maximum absolute atomic E-state index is 12.8. The first-order valence-corrected chi connectivity index (χ1v) is 9.71. The predicted molar refractivity (Wildman–Crippen MR) is 104 cm³/mol. The van der Waals surface area contributed by atoms with E-state index in [1.165, 1.54) is 10.4 Å². The Labute approximate surface area is 154 Å². The Morgan fingerprint density at radius 1 is 1.20 bits per heavy atom. The van der Waals surface area contributed by atoms with Gasteiger partial charge < -0.3 is 14.5 Å². The van der Waals surface area contributed by atoms with Crippen LogP contribution >= 0.6 is 11.3 Å². The number of hydrogen-bond donors (Lipinski definition) is 0. The summed E-state index contributed by atoms with van der Waals surface area (Å²) in [5.74, 6) is 1.05. The normalized spacial score (nSPS) is 14.7. The van der Waals surface area contributed by atoms with Crippen molar-refractivity contribution in [1.82, 2.24) is 4.90 Å². The largest absolute Gasteiger partial charge is 0.497 e. The SMILES string of the molecule is CCCc1cc(C(=O)N2CCN(c3cccc(OC)c3)CC2)sc1C. The second-order valence-corrected chi connectivity index (χ2v) is 7.68. The molecule has 5 heteroatoms. The number of hydrogen-bond acceptors (Lipinski definition) is 4. The van der Waals surface area contributed by atoms with Gasteiger partial charge in [-0.3, -0.25) is 4.79 Å². The number of carbonyl (C=O) groups excluding carboxylic acids is 1. The van der Waals surface area contributed by atoms with E-state index in [9.17, 15) is 4.79 Å². The van der Waals surface area contributed by atoms with Gasteiger partial charge in [0.15, 0.2) is 0 Å². The highest BCUT2D eigenvalue weighted by Gasteiger charge is 2.24. The number of carbonyl (C=O) groups is 1. The first kappa shape index (κ1) is 17.8. The van der Waals surface area contributed by atoms with Crippen LogP contribution in [0.15, 0.2) is 30.3 Å². The van der Waals surface area contributed by atoms with Crippen molar-refractivity contribution in [3.8, 4) is 5.75 Å². The summed E-state index contributed by atoms with van der Waals surface area (Å²) in [6.07, 6.45) is 2.17. The highest BCUT2D eigenvalue weighted by molar-refractivity contribution is 7.14. The third-order valence-corrected chi connectivity index (χ3v) is 5.82. The molecule has 134 valence electrons. The first-order valence-electron chi connectivity index (χ1n) is 8.90. The van der Waals surface area contributed by atoms with Gasteiger partial charge in [0, 0.05) is 42.8 Å². The summed E-state index contributed by atoms with van der Waals surface area (Å²) in [7, 11) is 1.69. The number of nitrogens with zero attached hydrogens (tertiary/aromatic N) is 2. The summed E-state index contributed by atoms with van der Waals surface area (Å²) in [6, 6.07) is 10.2. The molecule has 1 fully saturated rings. The Hall–Kier alpha value is -2.01. The summed E-state index contributed by atoms with van der Waals surface area (Å²) in [4.78, 5) is 19.3. The molecule has 1 aromatic carbocycles. The number of benzene rings is 1. The molecule has 1 saturated heterocycles. The third-order valence-electron chi connectivity index (χ3n) is 4.74. The van der Waals surface area contributed by atoms with Gasteiger partial charge in [-0.2, -0.15) is 0 Å². The van der Waals surface area contributed by atoms with E-state index in [1.54, 1.807) is 18.4 Å². The number of aryl methyl sites for hydroxylation is 2. The summed E-state index contributed by atoms with van der Waals surface area (Å²) in [5, 5.41) is 0. The number of anilines is 1. The molecular formula is C20H26N2O2S. The Morgan fingerprint density at radius 2 is 1.96 bits per heavy atom. The lowest BCUT2D eigenvalue weighted by Crippen LogP contribution is -2.48. The number of amides is 1. The lowest BCUT2D eigenvalue weighted by atomic mass is 10.1. The molecule has 4 nitrogen and oxygen atoms in total. The van der Waals surface area contributed by atoms with Crippen molar-refractivity contribution in [1.29, 1.82) is 0 Å². The van der Waals surface area contributed by atoms with Crippen LogP contribution in [0.1, 0.15) is 33.5 Å². The second kappa shape index (κ2) is 7.91. The molecule has 0 saturated carbocycles. The Bertz CT molecular complexity index is 733. The van der Waals surface area contributed by atoms with Gasteiger partial charge in [0.2, 0.25) is 0 Å². The molecule has 1 aliphatic rings. The zero-order valence-corrected chi connectivity index (χ0v) is 16.1. The molecule has 0 N–H and O–H groups in total. The van der Waals surface area contributed by atoms with E-state index in [-0.39, 0.29) is 5.91 Å². The monoisotopic (exact) mass is 358 g/mol. The van der Waals surface area contributed by atoms with E-state index in [1.807, 2.05) is 17.0 Å². The Balaban J connectivity index is 1.63. The molecule has 25 heavy (non-hydrogen) atoms.